The molecule has 0 bridgehead atoms. The van der Waals surface area contributed by atoms with Gasteiger partial charge in [0, 0.05) is 33.5 Å². The van der Waals surface area contributed by atoms with Gasteiger partial charge in [-0.15, -0.1) is 0 Å². The topological polar surface area (TPSA) is 8.17 Å². The minimum Gasteiger partial charge on any atom is -0.311 e. The predicted octanol–water partition coefficient (Wildman–Crippen LogP) is 13.2. The Morgan fingerprint density at radius 2 is 0.796 bits per heavy atom. The number of rotatable bonds is 7. The maximum absolute atomic E-state index is 2.38. The second kappa shape index (κ2) is 12.6. The van der Waals surface area contributed by atoms with E-state index in [4.69, 9.17) is 0 Å². The van der Waals surface area contributed by atoms with Crippen molar-refractivity contribution in [3.8, 4) is 27.9 Å². The molecular weight excluding hydrogens is 593 g/mol. The first-order valence-electron chi connectivity index (χ1n) is 17.5. The van der Waals surface area contributed by atoms with E-state index >= 15 is 0 Å². The Balaban J connectivity index is 1.09. The molecule has 9 rings (SSSR count). The van der Waals surface area contributed by atoms with Crippen molar-refractivity contribution in [2.75, 3.05) is 4.90 Å². The van der Waals surface area contributed by atoms with Gasteiger partial charge in [-0.05, 0) is 107 Å². The summed E-state index contributed by atoms with van der Waals surface area (Å²) in [6.45, 7) is 0. The molecule has 1 aliphatic rings. The monoisotopic (exact) mass is 630 g/mol. The van der Waals surface area contributed by atoms with Crippen molar-refractivity contribution >= 4 is 38.9 Å². The van der Waals surface area contributed by atoms with Crippen LogP contribution in [-0.2, 0) is 0 Å². The molecule has 0 radical (unpaired) electrons. The van der Waals surface area contributed by atoms with Gasteiger partial charge >= 0.3 is 0 Å². The number of para-hydroxylation sites is 2. The molecule has 236 valence electrons. The Hall–Kier alpha value is -5.86. The molecule has 0 unspecified atom stereocenters. The van der Waals surface area contributed by atoms with E-state index in [1.165, 1.54) is 75.3 Å². The summed E-state index contributed by atoms with van der Waals surface area (Å²) in [5.41, 5.74) is 13.4. The molecule has 0 amide bonds. The van der Waals surface area contributed by atoms with Crippen LogP contribution < -0.4 is 4.90 Å². The van der Waals surface area contributed by atoms with Crippen LogP contribution >= 0.6 is 0 Å². The molecule has 1 saturated carbocycles. The fourth-order valence-electron chi connectivity index (χ4n) is 7.84. The highest BCUT2D eigenvalue weighted by Gasteiger charge is 2.18. The van der Waals surface area contributed by atoms with Crippen LogP contribution in [0.4, 0.5) is 17.1 Å². The number of anilines is 3. The van der Waals surface area contributed by atoms with Crippen molar-refractivity contribution in [3.05, 3.63) is 181 Å². The summed E-state index contributed by atoms with van der Waals surface area (Å²) in [6, 6.07) is 64.2. The zero-order chi connectivity index (χ0) is 32.6. The van der Waals surface area contributed by atoms with Gasteiger partial charge in [0.15, 0.2) is 0 Å². The average Bonchev–Trinajstić information content (AvgIpc) is 3.84. The molecular formula is C47H38N2. The fourth-order valence-corrected chi connectivity index (χ4v) is 7.84. The molecule has 2 heteroatoms. The highest BCUT2D eigenvalue weighted by molar-refractivity contribution is 6.09. The molecule has 1 aromatic heterocycles. The van der Waals surface area contributed by atoms with Gasteiger partial charge in [0.05, 0.1) is 11.0 Å². The summed E-state index contributed by atoms with van der Waals surface area (Å²) in [4.78, 5) is 2.36. The van der Waals surface area contributed by atoms with Crippen molar-refractivity contribution in [1.29, 1.82) is 0 Å². The smallest absolute Gasteiger partial charge is 0.0541 e. The molecule has 1 fully saturated rings. The van der Waals surface area contributed by atoms with Gasteiger partial charge in [0.25, 0.3) is 0 Å². The third-order valence-corrected chi connectivity index (χ3v) is 10.4. The second-order valence-electron chi connectivity index (χ2n) is 13.3. The molecule has 7 aromatic carbocycles. The van der Waals surface area contributed by atoms with E-state index in [1.807, 2.05) is 0 Å². The van der Waals surface area contributed by atoms with Crippen molar-refractivity contribution in [1.82, 2.24) is 4.57 Å². The predicted molar refractivity (Wildman–Crippen MR) is 208 cm³/mol. The third-order valence-electron chi connectivity index (χ3n) is 10.4. The first-order chi connectivity index (χ1) is 24.3. The van der Waals surface area contributed by atoms with Crippen LogP contribution in [0.15, 0.2) is 176 Å². The van der Waals surface area contributed by atoms with Crippen LogP contribution in [0, 0.1) is 0 Å². The summed E-state index contributed by atoms with van der Waals surface area (Å²) >= 11 is 0. The van der Waals surface area contributed by atoms with Gasteiger partial charge in [0.2, 0.25) is 0 Å². The molecule has 0 aliphatic heterocycles. The van der Waals surface area contributed by atoms with E-state index in [-0.39, 0.29) is 0 Å². The maximum atomic E-state index is 2.38. The number of fused-ring (bicyclic) bond motifs is 3. The summed E-state index contributed by atoms with van der Waals surface area (Å²) in [5, 5.41) is 2.55. The third kappa shape index (κ3) is 5.50. The van der Waals surface area contributed by atoms with Gasteiger partial charge in [-0.2, -0.15) is 0 Å². The van der Waals surface area contributed by atoms with Crippen molar-refractivity contribution in [3.63, 3.8) is 0 Å². The minimum absolute atomic E-state index is 0.736. The molecule has 0 atom stereocenters. The Morgan fingerprint density at radius 1 is 0.388 bits per heavy atom. The van der Waals surface area contributed by atoms with E-state index in [0.29, 0.717) is 0 Å². The van der Waals surface area contributed by atoms with E-state index in [2.05, 4.69) is 185 Å². The van der Waals surface area contributed by atoms with Crippen LogP contribution in [0.2, 0.25) is 0 Å². The molecule has 0 N–H and O–H groups in total. The van der Waals surface area contributed by atoms with Gasteiger partial charge in [-0.1, -0.05) is 128 Å². The zero-order valence-electron chi connectivity index (χ0n) is 27.5. The lowest BCUT2D eigenvalue weighted by Gasteiger charge is -2.26. The summed E-state index contributed by atoms with van der Waals surface area (Å²) in [7, 11) is 0. The highest BCUT2D eigenvalue weighted by Crippen LogP contribution is 2.39. The van der Waals surface area contributed by atoms with Gasteiger partial charge < -0.3 is 9.47 Å². The van der Waals surface area contributed by atoms with E-state index in [9.17, 15) is 0 Å². The average molecular weight is 631 g/mol. The van der Waals surface area contributed by atoms with Crippen LogP contribution in [0.3, 0.4) is 0 Å². The van der Waals surface area contributed by atoms with E-state index < -0.39 is 0 Å². The Morgan fingerprint density at radius 3 is 1.31 bits per heavy atom. The lowest BCUT2D eigenvalue weighted by atomic mass is 9.95. The van der Waals surface area contributed by atoms with Crippen LogP contribution in [0.5, 0.6) is 0 Å². The van der Waals surface area contributed by atoms with Crippen molar-refractivity contribution < 1.29 is 0 Å². The number of aromatic nitrogens is 1. The Kier molecular flexibility index (Phi) is 7.55. The number of hydrogen-bond donors (Lipinski definition) is 0. The molecule has 8 aromatic rings. The standard InChI is InChI=1S/C47H38N2/c1-2-10-34(11-3-1)38-22-26-40(27-23-38)48(41-28-24-39(25-29-41)37-20-18-36(19-21-37)35-12-4-5-13-35)42-30-32-43(33-31-42)49-46-16-8-6-14-44(46)45-15-7-9-17-47(45)49/h1-3,6-11,14-33,35H,4-5,12-13H2. The first-order valence-corrected chi connectivity index (χ1v) is 17.5. The minimum atomic E-state index is 0.736. The Bertz CT molecular complexity index is 2290. The zero-order valence-corrected chi connectivity index (χ0v) is 27.5. The largest absolute Gasteiger partial charge is 0.311 e. The van der Waals surface area contributed by atoms with Crippen LogP contribution in [-0.4, -0.2) is 4.57 Å². The lowest BCUT2D eigenvalue weighted by molar-refractivity contribution is 0.723. The SMILES string of the molecule is c1ccc(-c2ccc(N(c3ccc(-c4ccc(C5CCCC5)cc4)cc3)c3ccc(-n4c5ccccc5c5ccccc54)cc3)cc2)cc1. The fraction of sp³-hybridized carbons (Fsp3) is 0.106. The number of nitrogens with zero attached hydrogens (tertiary/aromatic N) is 2. The number of hydrogen-bond acceptors (Lipinski definition) is 1. The van der Waals surface area contributed by atoms with Gasteiger partial charge in [-0.25, -0.2) is 0 Å². The highest BCUT2D eigenvalue weighted by atomic mass is 15.1. The van der Waals surface area contributed by atoms with Crippen LogP contribution in [0.25, 0.3) is 49.7 Å². The summed E-state index contributed by atoms with van der Waals surface area (Å²) in [5.74, 6) is 0.736. The van der Waals surface area contributed by atoms with Crippen molar-refractivity contribution in [2.45, 2.75) is 31.6 Å². The number of benzene rings is 7. The van der Waals surface area contributed by atoms with Gasteiger partial charge in [0.1, 0.15) is 0 Å². The molecule has 0 spiro atoms. The molecule has 0 saturated heterocycles. The van der Waals surface area contributed by atoms with E-state index in [1.54, 1.807) is 0 Å². The molecule has 1 heterocycles. The van der Waals surface area contributed by atoms with Crippen molar-refractivity contribution in [2.24, 2.45) is 0 Å². The molecule has 1 aliphatic carbocycles. The molecule has 49 heavy (non-hydrogen) atoms. The van der Waals surface area contributed by atoms with Crippen LogP contribution in [0.1, 0.15) is 37.2 Å². The first kappa shape index (κ1) is 29.3. The molecule has 2 nitrogen and oxygen atoms in total. The Labute approximate surface area is 288 Å². The maximum Gasteiger partial charge on any atom is 0.0541 e. The normalized spacial score (nSPS) is 13.3. The van der Waals surface area contributed by atoms with E-state index in [0.717, 1.165) is 28.7 Å². The quantitative estimate of drug-likeness (QED) is 0.170. The summed E-state index contributed by atoms with van der Waals surface area (Å²) < 4.78 is 2.38. The summed E-state index contributed by atoms with van der Waals surface area (Å²) in [6.07, 6.45) is 5.39. The second-order valence-corrected chi connectivity index (χ2v) is 13.3. The lowest BCUT2D eigenvalue weighted by Crippen LogP contribution is -2.10. The van der Waals surface area contributed by atoms with Gasteiger partial charge in [-0.3, -0.25) is 0 Å².